The number of likely N-dealkylation sites (tertiary alicyclic amines) is 1. The molecule has 2 heterocycles. The van der Waals surface area contributed by atoms with Gasteiger partial charge >= 0.3 is 0 Å². The van der Waals surface area contributed by atoms with Gasteiger partial charge in [0.15, 0.2) is 0 Å². The Labute approximate surface area is 185 Å². The van der Waals surface area contributed by atoms with Crippen LogP contribution in [0.1, 0.15) is 43.2 Å². The lowest BCUT2D eigenvalue weighted by atomic mass is 10.2. The lowest BCUT2D eigenvalue weighted by Crippen LogP contribution is -2.28. The molecule has 0 saturated carbocycles. The van der Waals surface area contributed by atoms with Crippen LogP contribution in [0.5, 0.6) is 5.75 Å². The molecule has 5 heteroatoms. The zero-order valence-electron chi connectivity index (χ0n) is 18.6. The summed E-state index contributed by atoms with van der Waals surface area (Å²) in [4.78, 5) is 7.17. The number of nitrogens with one attached hydrogen (secondary N) is 1. The lowest BCUT2D eigenvalue weighted by Gasteiger charge is -2.20. The number of hydrogen-bond acceptors (Lipinski definition) is 5. The van der Waals surface area contributed by atoms with E-state index >= 15 is 0 Å². The summed E-state index contributed by atoms with van der Waals surface area (Å²) < 4.78 is 12.0. The quantitative estimate of drug-likeness (QED) is 0.458. The van der Waals surface area contributed by atoms with Gasteiger partial charge in [0.2, 0.25) is 5.89 Å². The van der Waals surface area contributed by atoms with Gasteiger partial charge in [-0.3, -0.25) is 0 Å². The van der Waals surface area contributed by atoms with Gasteiger partial charge in [0.1, 0.15) is 11.5 Å². The predicted molar refractivity (Wildman–Crippen MR) is 124 cm³/mol. The normalized spacial score (nSPS) is 16.6. The molecule has 2 aromatic carbocycles. The van der Waals surface area contributed by atoms with Crippen molar-refractivity contribution in [3.63, 3.8) is 0 Å². The highest BCUT2D eigenvalue weighted by Crippen LogP contribution is 2.24. The fourth-order valence-corrected chi connectivity index (χ4v) is 4.11. The molecular formula is C26H33N3O2. The first kappa shape index (κ1) is 21.6. The summed E-state index contributed by atoms with van der Waals surface area (Å²) in [6.07, 6.45) is 3.71. The average molecular weight is 420 g/mol. The summed E-state index contributed by atoms with van der Waals surface area (Å²) in [5.41, 5.74) is 3.15. The minimum Gasteiger partial charge on any atom is -0.494 e. The van der Waals surface area contributed by atoms with Crippen LogP contribution in [0.2, 0.25) is 0 Å². The Bertz CT molecular complexity index is 937. The van der Waals surface area contributed by atoms with E-state index < -0.39 is 0 Å². The monoisotopic (exact) mass is 419 g/mol. The summed E-state index contributed by atoms with van der Waals surface area (Å²) in [6.45, 7) is 8.87. The maximum atomic E-state index is 6.02. The summed E-state index contributed by atoms with van der Waals surface area (Å²) >= 11 is 0. The van der Waals surface area contributed by atoms with E-state index in [1.165, 1.54) is 24.9 Å². The molecule has 1 fully saturated rings. The van der Waals surface area contributed by atoms with Crippen LogP contribution in [-0.2, 0) is 13.1 Å². The molecule has 1 saturated heterocycles. The topological polar surface area (TPSA) is 50.5 Å². The van der Waals surface area contributed by atoms with E-state index in [0.717, 1.165) is 54.9 Å². The molecule has 5 nitrogen and oxygen atoms in total. The molecule has 1 unspecified atom stereocenters. The van der Waals surface area contributed by atoms with E-state index in [2.05, 4.69) is 46.4 Å². The van der Waals surface area contributed by atoms with Gasteiger partial charge in [-0.05, 0) is 69.5 Å². The van der Waals surface area contributed by atoms with E-state index in [9.17, 15) is 0 Å². The number of oxazole rings is 1. The fourth-order valence-electron chi connectivity index (χ4n) is 4.11. The highest BCUT2D eigenvalue weighted by atomic mass is 16.5. The van der Waals surface area contributed by atoms with Gasteiger partial charge in [-0.15, -0.1) is 0 Å². The molecule has 164 valence electrons. The minimum atomic E-state index is 0.656. The molecule has 1 aliphatic heterocycles. The van der Waals surface area contributed by atoms with Crippen molar-refractivity contribution in [3.8, 4) is 17.2 Å². The van der Waals surface area contributed by atoms with Gasteiger partial charge in [-0.2, -0.15) is 0 Å². The van der Waals surface area contributed by atoms with Crippen LogP contribution in [0.4, 0.5) is 0 Å². The molecule has 4 rings (SSSR count). The fraction of sp³-hybridized carbons (Fsp3) is 0.423. The van der Waals surface area contributed by atoms with Crippen molar-refractivity contribution >= 4 is 0 Å². The van der Waals surface area contributed by atoms with Crippen LogP contribution in [0.15, 0.2) is 59.0 Å². The summed E-state index contributed by atoms with van der Waals surface area (Å²) in [5.74, 6) is 2.43. The first-order valence-electron chi connectivity index (χ1n) is 11.4. The number of aromatic nitrogens is 1. The average Bonchev–Trinajstić information content (AvgIpc) is 3.37. The number of benzene rings is 2. The van der Waals surface area contributed by atoms with E-state index in [-0.39, 0.29) is 0 Å². The summed E-state index contributed by atoms with van der Waals surface area (Å²) in [7, 11) is 0. The minimum absolute atomic E-state index is 0.656. The van der Waals surface area contributed by atoms with E-state index in [1.807, 2.05) is 37.3 Å². The molecule has 1 aliphatic rings. The molecule has 1 atom stereocenters. The molecule has 1 aromatic heterocycles. The third-order valence-corrected chi connectivity index (χ3v) is 6.00. The van der Waals surface area contributed by atoms with Gasteiger partial charge in [0, 0.05) is 24.7 Å². The Morgan fingerprint density at radius 1 is 1.10 bits per heavy atom. The Hall–Kier alpha value is -2.63. The lowest BCUT2D eigenvalue weighted by molar-refractivity contribution is 0.230. The third-order valence-electron chi connectivity index (χ3n) is 6.00. The summed E-state index contributed by atoms with van der Waals surface area (Å²) in [6, 6.07) is 19.1. The molecule has 0 radical (unpaired) electrons. The van der Waals surface area contributed by atoms with Gasteiger partial charge in [0.25, 0.3) is 0 Å². The number of hydrogen-bond donors (Lipinski definition) is 1. The molecule has 3 aromatic rings. The van der Waals surface area contributed by atoms with Crippen molar-refractivity contribution < 1.29 is 9.15 Å². The van der Waals surface area contributed by atoms with Crippen LogP contribution in [0.3, 0.4) is 0 Å². The van der Waals surface area contributed by atoms with Crippen molar-refractivity contribution in [2.24, 2.45) is 0 Å². The van der Waals surface area contributed by atoms with E-state index in [1.54, 1.807) is 0 Å². The summed E-state index contributed by atoms with van der Waals surface area (Å²) in [5, 5.41) is 3.43. The smallest absolute Gasteiger partial charge is 0.226 e. The van der Waals surface area contributed by atoms with Gasteiger partial charge in [-0.1, -0.05) is 30.3 Å². The van der Waals surface area contributed by atoms with Crippen LogP contribution < -0.4 is 10.1 Å². The van der Waals surface area contributed by atoms with Crippen LogP contribution in [-0.4, -0.2) is 35.6 Å². The SMILES string of the molecule is Cc1nc(-c2ccc(OCCCN3CCCC3C)cc2)oc1CNCc1ccccc1. The van der Waals surface area contributed by atoms with Crippen LogP contribution in [0, 0.1) is 6.92 Å². The molecule has 0 aliphatic carbocycles. The van der Waals surface area contributed by atoms with Crippen LogP contribution in [0.25, 0.3) is 11.5 Å². The second-order valence-electron chi connectivity index (χ2n) is 8.37. The van der Waals surface area contributed by atoms with E-state index in [0.29, 0.717) is 12.4 Å². The third kappa shape index (κ3) is 5.96. The second-order valence-corrected chi connectivity index (χ2v) is 8.37. The number of aryl methyl sites for hydroxylation is 1. The number of ether oxygens (including phenoxy) is 1. The van der Waals surface area contributed by atoms with E-state index in [4.69, 9.17) is 9.15 Å². The maximum Gasteiger partial charge on any atom is 0.226 e. The maximum absolute atomic E-state index is 6.02. The Morgan fingerprint density at radius 3 is 2.65 bits per heavy atom. The van der Waals surface area contributed by atoms with Crippen molar-refractivity contribution in [3.05, 3.63) is 71.6 Å². The van der Waals surface area contributed by atoms with Gasteiger partial charge in [-0.25, -0.2) is 4.98 Å². The Balaban J connectivity index is 1.25. The highest BCUT2D eigenvalue weighted by Gasteiger charge is 2.19. The molecule has 1 N–H and O–H groups in total. The first-order chi connectivity index (χ1) is 15.2. The molecule has 0 bridgehead atoms. The Morgan fingerprint density at radius 2 is 1.90 bits per heavy atom. The largest absolute Gasteiger partial charge is 0.494 e. The standard InChI is InChI=1S/C26H33N3O2/c1-20-8-6-15-29(20)16-7-17-30-24-13-11-23(12-14-24)26-28-21(2)25(31-26)19-27-18-22-9-4-3-5-10-22/h3-5,9-14,20,27H,6-8,15-19H2,1-2H3. The van der Waals surface area contributed by atoms with Crippen LogP contribution >= 0.6 is 0 Å². The van der Waals surface area contributed by atoms with Gasteiger partial charge in [0.05, 0.1) is 18.8 Å². The zero-order valence-corrected chi connectivity index (χ0v) is 18.6. The van der Waals surface area contributed by atoms with Crippen molar-refractivity contribution in [2.45, 2.75) is 52.2 Å². The zero-order chi connectivity index (χ0) is 21.5. The molecule has 0 spiro atoms. The van der Waals surface area contributed by atoms with Gasteiger partial charge < -0.3 is 19.4 Å². The molecule has 31 heavy (non-hydrogen) atoms. The van der Waals surface area contributed by atoms with Crippen molar-refractivity contribution in [1.82, 2.24) is 15.2 Å². The highest BCUT2D eigenvalue weighted by molar-refractivity contribution is 5.55. The number of nitrogens with zero attached hydrogens (tertiary/aromatic N) is 2. The second kappa shape index (κ2) is 10.6. The van der Waals surface area contributed by atoms with Crippen molar-refractivity contribution in [1.29, 1.82) is 0 Å². The first-order valence-corrected chi connectivity index (χ1v) is 11.4. The Kier molecular flexibility index (Phi) is 7.39. The molecular weight excluding hydrogens is 386 g/mol. The predicted octanol–water partition coefficient (Wildman–Crippen LogP) is 5.19. The molecule has 0 amide bonds. The number of rotatable bonds is 10. The van der Waals surface area contributed by atoms with Crippen molar-refractivity contribution in [2.75, 3.05) is 19.7 Å².